The molecule has 2 aromatic rings. The number of amides is 1. The largest absolute Gasteiger partial charge is 0.301 e. The summed E-state index contributed by atoms with van der Waals surface area (Å²) in [5.74, 6) is 0.988. The molecule has 0 spiro atoms. The fraction of sp³-hybridized carbons (Fsp3) is 0.565. The minimum Gasteiger partial charge on any atom is -0.301 e. The Morgan fingerprint density at radius 3 is 2.61 bits per heavy atom. The van der Waals surface area contributed by atoms with E-state index in [0.717, 1.165) is 27.4 Å². The van der Waals surface area contributed by atoms with Gasteiger partial charge in [-0.3, -0.25) is 4.79 Å². The average Bonchev–Trinajstić information content (AvgIpc) is 3.04. The number of fused-ring (bicyclic) bond motifs is 3. The zero-order valence-corrected chi connectivity index (χ0v) is 19.7. The molecule has 1 amide bonds. The van der Waals surface area contributed by atoms with Gasteiger partial charge in [0, 0.05) is 17.5 Å². The predicted octanol–water partition coefficient (Wildman–Crippen LogP) is 7.77. The lowest BCUT2D eigenvalue weighted by molar-refractivity contribution is -0.120. The first kappa shape index (κ1) is 20.2. The van der Waals surface area contributed by atoms with Gasteiger partial charge in [-0.15, -0.1) is 0 Å². The lowest BCUT2D eigenvalue weighted by atomic mass is 9.83. The molecule has 0 unspecified atom stereocenters. The van der Waals surface area contributed by atoms with Gasteiger partial charge in [-0.05, 0) is 51.7 Å². The Labute approximate surface area is 181 Å². The van der Waals surface area contributed by atoms with Crippen molar-refractivity contribution in [2.24, 2.45) is 5.92 Å². The van der Waals surface area contributed by atoms with Crippen LogP contribution in [0.3, 0.4) is 0 Å². The topological polar surface area (TPSA) is 20.3 Å². The van der Waals surface area contributed by atoms with Gasteiger partial charge in [0.05, 0.1) is 16.1 Å². The molecule has 0 N–H and O–H groups in total. The summed E-state index contributed by atoms with van der Waals surface area (Å²) in [6.45, 7) is 8.63. The maximum Gasteiger partial charge on any atom is 0.227 e. The Balaban J connectivity index is 1.75. The number of hydrogen-bond acceptors (Lipinski definition) is 4. The van der Waals surface area contributed by atoms with E-state index in [9.17, 15) is 4.79 Å². The molecule has 150 valence electrons. The molecule has 2 heterocycles. The van der Waals surface area contributed by atoms with E-state index in [4.69, 9.17) is 12.2 Å². The lowest BCUT2D eigenvalue weighted by Crippen LogP contribution is -2.48. The smallest absolute Gasteiger partial charge is 0.227 e. The van der Waals surface area contributed by atoms with Crippen molar-refractivity contribution in [1.29, 1.82) is 0 Å². The minimum absolute atomic E-state index is 0.263. The van der Waals surface area contributed by atoms with Crippen LogP contribution in [0.2, 0.25) is 0 Å². The molecule has 2 aliphatic rings. The summed E-state index contributed by atoms with van der Waals surface area (Å²) in [4.78, 5) is 16.9. The van der Waals surface area contributed by atoms with Gasteiger partial charge in [0.15, 0.2) is 0 Å². The molecule has 0 atom stereocenters. The number of benzene rings is 1. The van der Waals surface area contributed by atoms with Crippen molar-refractivity contribution in [2.45, 2.75) is 78.2 Å². The third-order valence-electron chi connectivity index (χ3n) is 6.42. The van der Waals surface area contributed by atoms with E-state index in [0.29, 0.717) is 6.42 Å². The Bertz CT molecular complexity index is 963. The molecule has 1 aromatic carbocycles. The summed E-state index contributed by atoms with van der Waals surface area (Å²) >= 11 is 5.70. The molecule has 0 bridgehead atoms. The molecular weight excluding hydrogens is 402 g/mol. The zero-order valence-electron chi connectivity index (χ0n) is 17.3. The van der Waals surface area contributed by atoms with Crippen LogP contribution in [-0.2, 0) is 10.3 Å². The molecule has 4 rings (SSSR count). The van der Waals surface area contributed by atoms with E-state index in [2.05, 4.69) is 44.7 Å². The van der Waals surface area contributed by atoms with E-state index in [-0.39, 0.29) is 11.4 Å². The number of rotatable bonds is 3. The van der Waals surface area contributed by atoms with Crippen LogP contribution in [0.5, 0.6) is 0 Å². The molecule has 1 aliphatic heterocycles. The third kappa shape index (κ3) is 3.40. The molecule has 1 saturated carbocycles. The second kappa shape index (κ2) is 7.66. The number of aryl methyl sites for hydroxylation is 2. The van der Waals surface area contributed by atoms with Crippen molar-refractivity contribution in [3.63, 3.8) is 0 Å². The van der Waals surface area contributed by atoms with Gasteiger partial charge in [0.25, 0.3) is 0 Å². The van der Waals surface area contributed by atoms with Gasteiger partial charge in [-0.2, -0.15) is 0 Å². The first-order chi connectivity index (χ1) is 13.3. The highest BCUT2D eigenvalue weighted by Crippen LogP contribution is 2.53. The van der Waals surface area contributed by atoms with Crippen LogP contribution >= 0.6 is 32.9 Å². The van der Waals surface area contributed by atoms with E-state index in [1.54, 1.807) is 20.7 Å². The highest BCUT2D eigenvalue weighted by Gasteiger charge is 2.43. The van der Waals surface area contributed by atoms with Gasteiger partial charge in [0.2, 0.25) is 5.91 Å². The van der Waals surface area contributed by atoms with Gasteiger partial charge in [-0.1, -0.05) is 76.6 Å². The second-order valence-corrected chi connectivity index (χ2v) is 11.8. The maximum absolute atomic E-state index is 13.6. The summed E-state index contributed by atoms with van der Waals surface area (Å²) in [7, 11) is 3.41. The summed E-state index contributed by atoms with van der Waals surface area (Å²) < 4.78 is 0.952. The van der Waals surface area contributed by atoms with E-state index in [1.807, 2.05) is 0 Å². The summed E-state index contributed by atoms with van der Waals surface area (Å²) in [5, 5.41) is 0. The molecule has 0 radical (unpaired) electrons. The first-order valence-corrected chi connectivity index (χ1v) is 12.9. The van der Waals surface area contributed by atoms with Crippen LogP contribution in [0.1, 0.15) is 74.8 Å². The third-order valence-corrected chi connectivity index (χ3v) is 9.75. The highest BCUT2D eigenvalue weighted by molar-refractivity contribution is 7.80. The molecular formula is C23H29NOS3. The Morgan fingerprint density at radius 1 is 1.18 bits per heavy atom. The van der Waals surface area contributed by atoms with E-state index in [1.165, 1.54) is 53.7 Å². The molecule has 2 nitrogen and oxygen atoms in total. The van der Waals surface area contributed by atoms with E-state index >= 15 is 0 Å². The maximum atomic E-state index is 13.6. The fourth-order valence-corrected chi connectivity index (χ4v) is 8.36. The van der Waals surface area contributed by atoms with Crippen LogP contribution < -0.4 is 4.90 Å². The highest BCUT2D eigenvalue weighted by atomic mass is 32.9. The molecule has 5 heteroatoms. The Morgan fingerprint density at radius 2 is 1.89 bits per heavy atom. The van der Waals surface area contributed by atoms with Crippen LogP contribution in [0.25, 0.3) is 11.1 Å². The van der Waals surface area contributed by atoms with Crippen molar-refractivity contribution < 1.29 is 4.79 Å². The quantitative estimate of drug-likeness (QED) is 0.365. The molecule has 28 heavy (non-hydrogen) atoms. The number of nitrogens with zero attached hydrogens (tertiary/aromatic N) is 1. The average molecular weight is 432 g/mol. The van der Waals surface area contributed by atoms with Crippen molar-refractivity contribution in [3.8, 4) is 11.1 Å². The molecule has 1 fully saturated rings. The van der Waals surface area contributed by atoms with Crippen molar-refractivity contribution in [3.05, 3.63) is 32.0 Å². The molecule has 0 saturated heterocycles. The normalized spacial score (nSPS) is 18.6. The standard InChI is InChI=1S/C23H29NOS3/c1-14-12-15(2)20-17(13-14)19-21(27-28-22(19)26)23(3,4)24(20)18(25)11-10-16-8-6-5-7-9-16/h12-13,16H,5-11H2,1-4H3. The molecule has 1 aliphatic carbocycles. The van der Waals surface area contributed by atoms with Gasteiger partial charge < -0.3 is 4.90 Å². The monoisotopic (exact) mass is 431 g/mol. The Kier molecular flexibility index (Phi) is 5.54. The number of anilines is 1. The van der Waals surface area contributed by atoms with Gasteiger partial charge in [0.1, 0.15) is 3.82 Å². The van der Waals surface area contributed by atoms with Crippen LogP contribution in [0.4, 0.5) is 5.69 Å². The second-order valence-electron chi connectivity index (χ2n) is 8.97. The van der Waals surface area contributed by atoms with Crippen molar-refractivity contribution >= 4 is 44.5 Å². The zero-order chi connectivity index (χ0) is 20.1. The first-order valence-electron chi connectivity index (χ1n) is 10.4. The predicted molar refractivity (Wildman–Crippen MR) is 124 cm³/mol. The van der Waals surface area contributed by atoms with Gasteiger partial charge in [-0.25, -0.2) is 0 Å². The lowest BCUT2D eigenvalue weighted by Gasteiger charge is -2.44. The van der Waals surface area contributed by atoms with Crippen LogP contribution in [-0.4, -0.2) is 5.91 Å². The van der Waals surface area contributed by atoms with Crippen LogP contribution in [0.15, 0.2) is 12.1 Å². The summed E-state index contributed by atoms with van der Waals surface area (Å²) in [6.07, 6.45) is 8.28. The summed E-state index contributed by atoms with van der Waals surface area (Å²) in [5.41, 5.74) is 5.46. The minimum atomic E-state index is -0.357. The van der Waals surface area contributed by atoms with Crippen LogP contribution in [0, 0.1) is 23.6 Å². The van der Waals surface area contributed by atoms with Gasteiger partial charge >= 0.3 is 0 Å². The van der Waals surface area contributed by atoms with E-state index < -0.39 is 0 Å². The molecule has 1 aromatic heterocycles. The van der Waals surface area contributed by atoms with Crippen molar-refractivity contribution in [1.82, 2.24) is 0 Å². The Hall–Kier alpha value is -1.04. The fourth-order valence-electron chi connectivity index (χ4n) is 5.08. The SMILES string of the molecule is Cc1cc(C)c2c(c1)-c1c(ssc1=S)C(C)(C)N2C(=O)CCC1CCCCC1. The van der Waals surface area contributed by atoms with Crippen molar-refractivity contribution in [2.75, 3.05) is 4.90 Å². The number of hydrogen-bond donors (Lipinski definition) is 0. The number of carbonyl (C=O) groups is 1. The summed E-state index contributed by atoms with van der Waals surface area (Å²) in [6, 6.07) is 4.41. The number of carbonyl (C=O) groups excluding carboxylic acids is 1.